The van der Waals surface area contributed by atoms with Crippen LogP contribution >= 0.6 is 5.69 Å². The molecule has 0 unspecified atom stereocenters. The monoisotopic (exact) mass is 337 g/mol. The van der Waals surface area contributed by atoms with Crippen molar-refractivity contribution in [3.8, 4) is 0 Å². The van der Waals surface area contributed by atoms with Gasteiger partial charge in [0.05, 0.1) is 0 Å². The Bertz CT molecular complexity index is 61.1. The summed E-state index contributed by atoms with van der Waals surface area (Å²) in [7, 11) is 0. The Morgan fingerprint density at radius 3 is 1.43 bits per heavy atom. The minimum Gasteiger partial charge on any atom is 0 e. The maximum absolute atomic E-state index is 9.33. The van der Waals surface area contributed by atoms with E-state index in [2.05, 4.69) is 0 Å². The van der Waals surface area contributed by atoms with Gasteiger partial charge in [0.1, 0.15) is 0 Å². The van der Waals surface area contributed by atoms with E-state index in [1.807, 2.05) is 0 Å². The first-order chi connectivity index (χ1) is 2.00. The summed E-state index contributed by atoms with van der Waals surface area (Å²) < 4.78 is 9.33. The largest absolute Gasteiger partial charge is 0 e. The number of hydrogen-bond acceptors (Lipinski definition) is 1. The van der Waals surface area contributed by atoms with Gasteiger partial charge in [-0.05, 0) is 0 Å². The molecule has 2 N–H and O–H groups in total. The van der Waals surface area contributed by atoms with E-state index < -0.39 is 5.69 Å². The Balaban J connectivity index is -0.0000000800. The topological polar surface area (TPSA) is 57.5 Å². The van der Waals surface area contributed by atoms with Crippen LogP contribution in [0.3, 0.4) is 0 Å². The molecule has 0 bridgehead atoms. The molecule has 0 aromatic rings. The van der Waals surface area contributed by atoms with Crippen molar-refractivity contribution in [1.82, 2.24) is 0 Å². The summed E-state index contributed by atoms with van der Waals surface area (Å²) in [4.78, 5) is 15.3. The molecule has 0 atom stereocenters. The normalized spacial score (nSPS) is 8.29. The van der Waals surface area contributed by atoms with Gasteiger partial charge in [-0.15, -0.1) is 0 Å². The fraction of sp³-hybridized carbons (Fsp3) is 0. The maximum Gasteiger partial charge on any atom is 0 e. The molecule has 3 nitrogen and oxygen atoms in total. The van der Waals surface area contributed by atoms with Crippen molar-refractivity contribution in [2.75, 3.05) is 0 Å². The smallest absolute Gasteiger partial charge is 0 e. The number of rotatable bonds is 0. The second kappa shape index (κ2) is 6.29. The third-order valence-electron chi connectivity index (χ3n) is 0. The average molecular weight is 336 g/mol. The molecule has 0 aromatic carbocycles. The predicted molar refractivity (Wildman–Crippen MR) is 12.0 cm³/mol. The average Bonchev–Trinajstić information content (AvgIpc) is 0.722. The van der Waals surface area contributed by atoms with Crippen LogP contribution in [0.15, 0.2) is 0 Å². The molecule has 0 rings (SSSR count). The van der Waals surface area contributed by atoms with Gasteiger partial charge in [-0.2, -0.15) is 0 Å². The Kier molecular flexibility index (Phi) is 14.4. The van der Waals surface area contributed by atoms with E-state index >= 15 is 0 Å². The van der Waals surface area contributed by atoms with Crippen LogP contribution in [0, 0.1) is 0 Å². The molecule has 0 amide bonds. The molecule has 0 aromatic heterocycles. The van der Waals surface area contributed by atoms with Gasteiger partial charge in [0.25, 0.3) is 0 Å². The van der Waals surface area contributed by atoms with E-state index in [-0.39, 0.29) is 40.9 Å². The first-order valence-electron chi connectivity index (χ1n) is 0.765. The van der Waals surface area contributed by atoms with Crippen LogP contribution in [0.5, 0.6) is 0 Å². The zero-order chi connectivity index (χ0) is 4.50. The maximum atomic E-state index is 9.33. The van der Waals surface area contributed by atoms with Crippen LogP contribution in [-0.4, -0.2) is 9.79 Å². The molecule has 0 fully saturated rings. The molecule has 0 aliphatic rings. The van der Waals surface area contributed by atoms with Crippen LogP contribution in [-0.2, 0) is 64.8 Å². The van der Waals surface area contributed by atoms with Crippen molar-refractivity contribution in [3.63, 3.8) is 0 Å². The Morgan fingerprint density at radius 2 is 1.43 bits per heavy atom. The molecule has 0 saturated heterocycles. The molecule has 0 spiro atoms. The molecule has 7 heavy (non-hydrogen) atoms. The van der Waals surface area contributed by atoms with Crippen LogP contribution < -0.4 is 0 Å². The van der Waals surface area contributed by atoms with Gasteiger partial charge in [0.2, 0.25) is 0 Å². The summed E-state index contributed by atoms with van der Waals surface area (Å²) in [5.41, 5.74) is -3.63. The molecule has 47 valence electrons. The van der Waals surface area contributed by atoms with Crippen molar-refractivity contribution < 1.29 is 74.6 Å². The third kappa shape index (κ3) is 66.3. The first kappa shape index (κ1) is 16.1. The summed E-state index contributed by atoms with van der Waals surface area (Å²) in [5.74, 6) is 0. The Labute approximate surface area is 79.5 Å². The van der Waals surface area contributed by atoms with Crippen molar-refractivity contribution in [2.24, 2.45) is 0 Å². The summed E-state index contributed by atoms with van der Waals surface area (Å²) in [5, 5.41) is 0. The molecular weight excluding hydrogens is 334 g/mol. The van der Waals surface area contributed by atoms with Crippen LogP contribution in [0.25, 0.3) is 0 Å². The number of hydrogen-bond donors (Lipinski definition) is 2. The van der Waals surface area contributed by atoms with E-state index in [0.717, 1.165) is 19.3 Å². The molecule has 0 aliphatic carbocycles. The van der Waals surface area contributed by atoms with Crippen molar-refractivity contribution in [2.45, 2.75) is 0 Å². The molecule has 0 aliphatic heterocycles. The summed E-state index contributed by atoms with van der Waals surface area (Å²) >= 11 is 0.791. The first-order valence-corrected chi connectivity index (χ1v) is 4.99. The SMILES string of the molecule is O=[P](O)(O)[Mo].[Ag].[V]. The summed E-state index contributed by atoms with van der Waals surface area (Å²) in [6.07, 6.45) is 0. The van der Waals surface area contributed by atoms with Gasteiger partial charge in [-0.25, -0.2) is 0 Å². The van der Waals surface area contributed by atoms with Crippen LogP contribution in [0.2, 0.25) is 0 Å². The molecule has 0 saturated carbocycles. The van der Waals surface area contributed by atoms with Crippen molar-refractivity contribution in [3.05, 3.63) is 0 Å². The van der Waals surface area contributed by atoms with Gasteiger partial charge in [0, 0.05) is 40.9 Å². The summed E-state index contributed by atoms with van der Waals surface area (Å²) in [6, 6.07) is 0. The fourth-order valence-corrected chi connectivity index (χ4v) is 0. The van der Waals surface area contributed by atoms with Gasteiger partial charge in [0.15, 0.2) is 0 Å². The van der Waals surface area contributed by atoms with E-state index in [1.165, 1.54) is 0 Å². The minimum absolute atomic E-state index is 0. The predicted octanol–water partition coefficient (Wildman–Crippen LogP) is -0.379. The van der Waals surface area contributed by atoms with Gasteiger partial charge in [-0.1, -0.05) is 0 Å². The van der Waals surface area contributed by atoms with E-state index in [4.69, 9.17) is 9.79 Å². The second-order valence-corrected chi connectivity index (χ2v) is 4.98. The minimum atomic E-state index is -3.63. The van der Waals surface area contributed by atoms with Gasteiger partial charge < -0.3 is 0 Å². The molecular formula is H2AgMoO3PV. The van der Waals surface area contributed by atoms with E-state index in [0.29, 0.717) is 0 Å². The summed E-state index contributed by atoms with van der Waals surface area (Å²) in [6.45, 7) is 0. The standard InChI is InChI=1S/Ag.Mo.HO3P.V/c;;1-4(2)3;/h;;(H-,1,2,3);/q;-1;;/p+1. The molecule has 2 radical (unpaired) electrons. The fourth-order valence-electron chi connectivity index (χ4n) is 0. The van der Waals surface area contributed by atoms with Crippen molar-refractivity contribution >= 4 is 5.69 Å². The van der Waals surface area contributed by atoms with Crippen LogP contribution in [0.1, 0.15) is 0 Å². The zero-order valence-corrected chi connectivity index (χ0v) is 8.69. The quantitative estimate of drug-likeness (QED) is 0.469. The van der Waals surface area contributed by atoms with Crippen LogP contribution in [0.4, 0.5) is 0 Å². The Morgan fingerprint density at radius 1 is 1.43 bits per heavy atom. The van der Waals surface area contributed by atoms with Gasteiger partial charge >= 0.3 is 39.3 Å². The molecule has 0 heterocycles. The second-order valence-electron chi connectivity index (χ2n) is 0.491. The Hall–Kier alpha value is 2.16. The van der Waals surface area contributed by atoms with Crippen molar-refractivity contribution in [1.29, 1.82) is 0 Å². The molecule has 7 heteroatoms. The van der Waals surface area contributed by atoms with E-state index in [9.17, 15) is 4.57 Å². The third-order valence-corrected chi connectivity index (χ3v) is 0. The zero-order valence-electron chi connectivity index (χ0n) is 2.91. The van der Waals surface area contributed by atoms with Gasteiger partial charge in [-0.3, -0.25) is 0 Å². The van der Waals surface area contributed by atoms with E-state index in [1.54, 1.807) is 0 Å².